The van der Waals surface area contributed by atoms with E-state index in [4.69, 9.17) is 11.0 Å². The van der Waals surface area contributed by atoms with E-state index in [9.17, 15) is 0 Å². The molecule has 62 valence electrons. The van der Waals surface area contributed by atoms with Gasteiger partial charge in [0, 0.05) is 0 Å². The summed E-state index contributed by atoms with van der Waals surface area (Å²) in [7, 11) is 0. The van der Waals surface area contributed by atoms with E-state index in [1.165, 1.54) is 11.8 Å². The molecule has 0 saturated carbocycles. The molecule has 1 aromatic heterocycles. The van der Waals surface area contributed by atoms with Gasteiger partial charge in [-0.15, -0.1) is 11.8 Å². The Morgan fingerprint density at radius 2 is 2.17 bits per heavy atom. The topological polar surface area (TPSA) is 75.6 Å². The Balaban J connectivity index is 3.36. The van der Waals surface area contributed by atoms with Crippen LogP contribution in [-0.2, 0) is 0 Å². The maximum absolute atomic E-state index is 8.74. The molecular formula is C7H8N4S. The Labute approximate surface area is 74.8 Å². The summed E-state index contributed by atoms with van der Waals surface area (Å²) in [5.74, 6) is 0.218. The average molecular weight is 180 g/mol. The zero-order chi connectivity index (χ0) is 9.14. The lowest BCUT2D eigenvalue weighted by molar-refractivity contribution is 1.01. The predicted molar refractivity (Wildman–Crippen MR) is 47.7 cm³/mol. The van der Waals surface area contributed by atoms with Crippen molar-refractivity contribution in [1.82, 2.24) is 9.97 Å². The second-order valence-corrected chi connectivity index (χ2v) is 2.96. The van der Waals surface area contributed by atoms with Gasteiger partial charge in [-0.3, -0.25) is 0 Å². The number of nitriles is 1. The van der Waals surface area contributed by atoms with Crippen LogP contribution in [0.2, 0.25) is 0 Å². The Hall–Kier alpha value is -1.28. The number of nitrogen functional groups attached to an aromatic ring is 1. The Kier molecular flexibility index (Phi) is 2.51. The molecule has 0 aromatic carbocycles. The first kappa shape index (κ1) is 8.81. The smallest absolute Gasteiger partial charge is 0.221 e. The van der Waals surface area contributed by atoms with Gasteiger partial charge in [0.2, 0.25) is 5.95 Å². The molecule has 0 aliphatic rings. The van der Waals surface area contributed by atoms with Crippen molar-refractivity contribution in [2.75, 3.05) is 12.0 Å². The number of anilines is 1. The second-order valence-electron chi connectivity index (χ2n) is 2.16. The van der Waals surface area contributed by atoms with Crippen molar-refractivity contribution in [1.29, 1.82) is 5.26 Å². The molecule has 0 spiro atoms. The van der Waals surface area contributed by atoms with Crippen LogP contribution in [0.4, 0.5) is 5.95 Å². The number of hydrogen-bond acceptors (Lipinski definition) is 5. The fraction of sp³-hybridized carbons (Fsp3) is 0.286. The molecule has 0 fully saturated rings. The van der Waals surface area contributed by atoms with E-state index in [-0.39, 0.29) is 5.95 Å². The van der Waals surface area contributed by atoms with Gasteiger partial charge < -0.3 is 5.73 Å². The van der Waals surface area contributed by atoms with Crippen LogP contribution in [-0.4, -0.2) is 16.2 Å². The molecule has 1 aromatic rings. The zero-order valence-electron chi connectivity index (χ0n) is 6.83. The number of thioether (sulfide) groups is 1. The van der Waals surface area contributed by atoms with Crippen molar-refractivity contribution in [2.45, 2.75) is 11.9 Å². The van der Waals surface area contributed by atoms with Crippen LogP contribution in [0.15, 0.2) is 5.03 Å². The van der Waals surface area contributed by atoms with E-state index in [0.29, 0.717) is 16.3 Å². The molecule has 1 rings (SSSR count). The molecule has 0 bridgehead atoms. The van der Waals surface area contributed by atoms with Gasteiger partial charge in [0.25, 0.3) is 0 Å². The van der Waals surface area contributed by atoms with Crippen LogP contribution < -0.4 is 5.73 Å². The highest BCUT2D eigenvalue weighted by Gasteiger charge is 2.07. The van der Waals surface area contributed by atoms with E-state index in [1.807, 2.05) is 12.3 Å². The van der Waals surface area contributed by atoms with Crippen molar-refractivity contribution < 1.29 is 0 Å². The predicted octanol–water partition coefficient (Wildman–Crippen LogP) is 0.961. The van der Waals surface area contributed by atoms with E-state index < -0.39 is 0 Å². The minimum Gasteiger partial charge on any atom is -0.368 e. The van der Waals surface area contributed by atoms with Gasteiger partial charge in [-0.05, 0) is 13.2 Å². The quantitative estimate of drug-likeness (QED) is 0.514. The number of nitrogens with zero attached hydrogens (tertiary/aromatic N) is 3. The van der Waals surface area contributed by atoms with Crippen LogP contribution in [0, 0.1) is 18.3 Å². The molecule has 12 heavy (non-hydrogen) atoms. The molecule has 0 amide bonds. The summed E-state index contributed by atoms with van der Waals surface area (Å²) in [6.07, 6.45) is 1.85. The molecule has 2 N–H and O–H groups in total. The Morgan fingerprint density at radius 3 is 2.67 bits per heavy atom. The third-order valence-electron chi connectivity index (χ3n) is 1.38. The summed E-state index contributed by atoms with van der Waals surface area (Å²) in [6.45, 7) is 1.75. The Morgan fingerprint density at radius 1 is 1.50 bits per heavy atom. The summed E-state index contributed by atoms with van der Waals surface area (Å²) in [5.41, 5.74) is 6.56. The number of aromatic nitrogens is 2. The van der Waals surface area contributed by atoms with Gasteiger partial charge in [-0.25, -0.2) is 9.97 Å². The van der Waals surface area contributed by atoms with E-state index in [0.717, 1.165) is 0 Å². The van der Waals surface area contributed by atoms with Crippen LogP contribution in [0.3, 0.4) is 0 Å². The fourth-order valence-electron chi connectivity index (χ4n) is 0.844. The standard InChI is InChI=1S/C7H8N4S/c1-4-5(3-8)6(12-2)11-7(9)10-4/h1-2H3,(H2,9,10,11). The zero-order valence-corrected chi connectivity index (χ0v) is 7.64. The molecule has 5 heteroatoms. The van der Waals surface area contributed by atoms with Crippen LogP contribution in [0.5, 0.6) is 0 Å². The Bertz CT molecular complexity index is 342. The van der Waals surface area contributed by atoms with Crippen LogP contribution in [0.1, 0.15) is 11.3 Å². The molecule has 0 unspecified atom stereocenters. The maximum atomic E-state index is 8.74. The molecule has 0 radical (unpaired) electrons. The van der Waals surface area contributed by atoms with Crippen molar-refractivity contribution in [3.05, 3.63) is 11.3 Å². The normalized spacial score (nSPS) is 9.42. The monoisotopic (exact) mass is 180 g/mol. The van der Waals surface area contributed by atoms with Crippen LogP contribution >= 0.6 is 11.8 Å². The average Bonchev–Trinajstić information content (AvgIpc) is 2.03. The van der Waals surface area contributed by atoms with Gasteiger partial charge in [0.05, 0.1) is 5.69 Å². The number of aryl methyl sites for hydroxylation is 1. The maximum Gasteiger partial charge on any atom is 0.221 e. The second kappa shape index (κ2) is 3.41. The molecular weight excluding hydrogens is 172 g/mol. The number of rotatable bonds is 1. The molecule has 0 aliphatic carbocycles. The van der Waals surface area contributed by atoms with Crippen LogP contribution in [0.25, 0.3) is 0 Å². The first-order chi connectivity index (χ1) is 5.69. The number of hydrogen-bond donors (Lipinski definition) is 1. The van der Waals surface area contributed by atoms with E-state index in [2.05, 4.69) is 9.97 Å². The van der Waals surface area contributed by atoms with Crippen molar-refractivity contribution in [2.24, 2.45) is 0 Å². The van der Waals surface area contributed by atoms with Crippen molar-refractivity contribution in [3.8, 4) is 6.07 Å². The van der Waals surface area contributed by atoms with Crippen molar-refractivity contribution in [3.63, 3.8) is 0 Å². The van der Waals surface area contributed by atoms with Gasteiger partial charge in [0.15, 0.2) is 0 Å². The largest absolute Gasteiger partial charge is 0.368 e. The van der Waals surface area contributed by atoms with Gasteiger partial charge in [-0.2, -0.15) is 5.26 Å². The molecule has 0 saturated heterocycles. The summed E-state index contributed by atoms with van der Waals surface area (Å²) in [6, 6.07) is 2.04. The summed E-state index contributed by atoms with van der Waals surface area (Å²) < 4.78 is 0. The lowest BCUT2D eigenvalue weighted by Gasteiger charge is -2.02. The highest BCUT2D eigenvalue weighted by molar-refractivity contribution is 7.98. The first-order valence-corrected chi connectivity index (χ1v) is 4.49. The number of nitrogens with two attached hydrogens (primary N) is 1. The summed E-state index contributed by atoms with van der Waals surface area (Å²) >= 11 is 1.39. The van der Waals surface area contributed by atoms with Gasteiger partial charge >= 0.3 is 0 Å². The fourth-order valence-corrected chi connectivity index (χ4v) is 1.43. The summed E-state index contributed by atoms with van der Waals surface area (Å²) in [5, 5.41) is 9.38. The van der Waals surface area contributed by atoms with Crippen molar-refractivity contribution >= 4 is 17.7 Å². The molecule has 1 heterocycles. The minimum atomic E-state index is 0.218. The minimum absolute atomic E-state index is 0.218. The van der Waals surface area contributed by atoms with Gasteiger partial charge in [-0.1, -0.05) is 0 Å². The highest BCUT2D eigenvalue weighted by Crippen LogP contribution is 2.19. The highest BCUT2D eigenvalue weighted by atomic mass is 32.2. The molecule has 4 nitrogen and oxygen atoms in total. The SMILES string of the molecule is CSc1nc(N)nc(C)c1C#N. The first-order valence-electron chi connectivity index (χ1n) is 3.27. The van der Waals surface area contributed by atoms with E-state index in [1.54, 1.807) is 6.92 Å². The lowest BCUT2D eigenvalue weighted by Crippen LogP contribution is -2.01. The molecule has 0 atom stereocenters. The third kappa shape index (κ3) is 1.48. The molecule has 0 aliphatic heterocycles. The van der Waals surface area contributed by atoms with E-state index >= 15 is 0 Å². The van der Waals surface area contributed by atoms with Gasteiger partial charge in [0.1, 0.15) is 16.7 Å². The summed E-state index contributed by atoms with van der Waals surface area (Å²) in [4.78, 5) is 7.81. The third-order valence-corrected chi connectivity index (χ3v) is 2.06. The lowest BCUT2D eigenvalue weighted by atomic mass is 10.3.